The van der Waals surface area contributed by atoms with Crippen LogP contribution in [0.1, 0.15) is 22.6 Å². The number of imidazole rings is 1. The van der Waals surface area contributed by atoms with Crippen molar-refractivity contribution < 1.29 is 5.11 Å². The van der Waals surface area contributed by atoms with Gasteiger partial charge in [0, 0.05) is 38.8 Å². The van der Waals surface area contributed by atoms with E-state index < -0.39 is 0 Å². The Labute approximate surface area is 148 Å². The maximum atomic E-state index is 9.58. The highest BCUT2D eigenvalue weighted by atomic mass is 16.3. The fourth-order valence-corrected chi connectivity index (χ4v) is 3.51. The second-order valence-electron chi connectivity index (χ2n) is 6.68. The number of hydrogen-bond donors (Lipinski definition) is 1. The van der Waals surface area contributed by atoms with Crippen molar-refractivity contribution >= 4 is 0 Å². The van der Waals surface area contributed by atoms with E-state index in [9.17, 15) is 5.11 Å². The van der Waals surface area contributed by atoms with E-state index in [1.165, 1.54) is 16.8 Å². The summed E-state index contributed by atoms with van der Waals surface area (Å²) in [6.07, 6.45) is 3.88. The molecule has 0 saturated heterocycles. The summed E-state index contributed by atoms with van der Waals surface area (Å²) in [6.45, 7) is 3.99. The molecule has 1 N–H and O–H groups in total. The first kappa shape index (κ1) is 15.9. The SMILES string of the molecule is Oc1cccc(CCN2CCn3c(cnc3Cc3ccccc3)C2)c1. The van der Waals surface area contributed by atoms with Gasteiger partial charge in [-0.25, -0.2) is 4.98 Å². The molecule has 0 radical (unpaired) electrons. The Morgan fingerprint density at radius 2 is 1.80 bits per heavy atom. The van der Waals surface area contributed by atoms with Crippen molar-refractivity contribution in [1.82, 2.24) is 14.5 Å². The second kappa shape index (κ2) is 7.11. The predicted octanol–water partition coefficient (Wildman–Crippen LogP) is 3.24. The molecule has 0 fully saturated rings. The molecule has 0 spiro atoms. The average molecular weight is 333 g/mol. The number of fused-ring (bicyclic) bond motifs is 1. The minimum atomic E-state index is 0.347. The van der Waals surface area contributed by atoms with Crippen molar-refractivity contribution in [1.29, 1.82) is 0 Å². The first-order chi connectivity index (χ1) is 12.3. The van der Waals surface area contributed by atoms with E-state index in [1.807, 2.05) is 18.3 Å². The van der Waals surface area contributed by atoms with E-state index >= 15 is 0 Å². The largest absolute Gasteiger partial charge is 0.508 e. The Hall–Kier alpha value is -2.59. The zero-order chi connectivity index (χ0) is 17.1. The normalized spacial score (nSPS) is 14.4. The summed E-state index contributed by atoms with van der Waals surface area (Å²) in [6, 6.07) is 18.1. The van der Waals surface area contributed by atoms with E-state index in [4.69, 9.17) is 0 Å². The molecule has 0 amide bonds. The maximum Gasteiger partial charge on any atom is 0.115 e. The van der Waals surface area contributed by atoms with Crippen LogP contribution in [0.2, 0.25) is 0 Å². The van der Waals surface area contributed by atoms with Crippen LogP contribution in [0.3, 0.4) is 0 Å². The van der Waals surface area contributed by atoms with Crippen LogP contribution in [0, 0.1) is 0 Å². The van der Waals surface area contributed by atoms with Gasteiger partial charge < -0.3 is 9.67 Å². The summed E-state index contributed by atoms with van der Waals surface area (Å²) < 4.78 is 2.37. The Balaban J connectivity index is 1.39. The van der Waals surface area contributed by atoms with Crippen molar-refractivity contribution in [2.45, 2.75) is 25.9 Å². The lowest BCUT2D eigenvalue weighted by Crippen LogP contribution is -2.35. The van der Waals surface area contributed by atoms with Crippen LogP contribution in [0.5, 0.6) is 5.75 Å². The number of benzene rings is 2. The highest BCUT2D eigenvalue weighted by Gasteiger charge is 2.19. The van der Waals surface area contributed by atoms with E-state index in [1.54, 1.807) is 6.07 Å². The molecule has 2 aromatic carbocycles. The monoisotopic (exact) mass is 333 g/mol. The Morgan fingerprint density at radius 1 is 0.960 bits per heavy atom. The van der Waals surface area contributed by atoms with Crippen molar-refractivity contribution in [2.24, 2.45) is 0 Å². The Morgan fingerprint density at radius 3 is 2.64 bits per heavy atom. The standard InChI is InChI=1S/C21H23N3O/c25-20-8-4-7-18(13-20)9-10-23-11-12-24-19(16-23)15-22-21(24)14-17-5-2-1-3-6-17/h1-8,13,15,25H,9-12,14,16H2. The van der Waals surface area contributed by atoms with Gasteiger partial charge in [0.15, 0.2) is 0 Å². The summed E-state index contributed by atoms with van der Waals surface area (Å²) in [4.78, 5) is 7.13. The number of phenols is 1. The molecule has 4 rings (SSSR count). The second-order valence-corrected chi connectivity index (χ2v) is 6.68. The van der Waals surface area contributed by atoms with Gasteiger partial charge in [-0.15, -0.1) is 0 Å². The maximum absolute atomic E-state index is 9.58. The van der Waals surface area contributed by atoms with Crippen LogP contribution in [0.25, 0.3) is 0 Å². The average Bonchev–Trinajstić information content (AvgIpc) is 3.03. The van der Waals surface area contributed by atoms with Gasteiger partial charge in [-0.2, -0.15) is 0 Å². The van der Waals surface area contributed by atoms with Gasteiger partial charge in [0.25, 0.3) is 0 Å². The van der Waals surface area contributed by atoms with Crippen LogP contribution in [0.15, 0.2) is 60.8 Å². The smallest absolute Gasteiger partial charge is 0.115 e. The van der Waals surface area contributed by atoms with Gasteiger partial charge in [0.2, 0.25) is 0 Å². The van der Waals surface area contributed by atoms with Crippen molar-refractivity contribution in [3.8, 4) is 5.75 Å². The summed E-state index contributed by atoms with van der Waals surface area (Å²) in [5.74, 6) is 1.51. The zero-order valence-corrected chi connectivity index (χ0v) is 14.3. The molecule has 1 aliphatic rings. The minimum Gasteiger partial charge on any atom is -0.508 e. The van der Waals surface area contributed by atoms with Gasteiger partial charge in [-0.1, -0.05) is 42.5 Å². The van der Waals surface area contributed by atoms with E-state index in [0.29, 0.717) is 5.75 Å². The summed E-state index contributed by atoms with van der Waals surface area (Å²) >= 11 is 0. The van der Waals surface area contributed by atoms with E-state index in [-0.39, 0.29) is 0 Å². The highest BCUT2D eigenvalue weighted by Crippen LogP contribution is 2.18. The molecule has 0 atom stereocenters. The molecule has 0 bridgehead atoms. The van der Waals surface area contributed by atoms with Crippen LogP contribution in [-0.4, -0.2) is 32.6 Å². The fourth-order valence-electron chi connectivity index (χ4n) is 3.51. The zero-order valence-electron chi connectivity index (χ0n) is 14.3. The number of phenolic OH excluding ortho intramolecular Hbond substituents is 1. The molecule has 4 nitrogen and oxygen atoms in total. The number of nitrogens with zero attached hydrogens (tertiary/aromatic N) is 3. The predicted molar refractivity (Wildman–Crippen MR) is 98.6 cm³/mol. The van der Waals surface area contributed by atoms with Crippen LogP contribution < -0.4 is 0 Å². The molecule has 1 aliphatic heterocycles. The van der Waals surface area contributed by atoms with Gasteiger partial charge in [0.1, 0.15) is 11.6 Å². The molecular formula is C21H23N3O. The summed E-state index contributed by atoms with van der Waals surface area (Å²) in [5.41, 5.74) is 3.79. The number of aromatic hydroxyl groups is 1. The molecule has 0 aliphatic carbocycles. The van der Waals surface area contributed by atoms with Crippen LogP contribution in [0.4, 0.5) is 0 Å². The van der Waals surface area contributed by atoms with Crippen molar-refractivity contribution in [3.05, 3.63) is 83.4 Å². The van der Waals surface area contributed by atoms with E-state index in [0.717, 1.165) is 44.8 Å². The molecule has 1 aromatic heterocycles. The van der Waals surface area contributed by atoms with Crippen molar-refractivity contribution in [3.63, 3.8) is 0 Å². The van der Waals surface area contributed by atoms with Gasteiger partial charge in [-0.3, -0.25) is 4.90 Å². The molecule has 2 heterocycles. The van der Waals surface area contributed by atoms with Crippen LogP contribution >= 0.6 is 0 Å². The van der Waals surface area contributed by atoms with E-state index in [2.05, 4.69) is 50.8 Å². The lowest BCUT2D eigenvalue weighted by Gasteiger charge is -2.29. The lowest BCUT2D eigenvalue weighted by atomic mass is 10.1. The summed E-state index contributed by atoms with van der Waals surface area (Å²) in [5, 5.41) is 9.58. The third-order valence-corrected chi connectivity index (χ3v) is 4.88. The number of aromatic nitrogens is 2. The first-order valence-electron chi connectivity index (χ1n) is 8.85. The molecule has 128 valence electrons. The topological polar surface area (TPSA) is 41.3 Å². The summed E-state index contributed by atoms with van der Waals surface area (Å²) in [7, 11) is 0. The lowest BCUT2D eigenvalue weighted by molar-refractivity contribution is 0.222. The molecule has 25 heavy (non-hydrogen) atoms. The molecular weight excluding hydrogens is 310 g/mol. The quantitative estimate of drug-likeness (QED) is 0.779. The van der Waals surface area contributed by atoms with Gasteiger partial charge in [-0.05, 0) is 29.7 Å². The van der Waals surface area contributed by atoms with Crippen molar-refractivity contribution in [2.75, 3.05) is 13.1 Å². The first-order valence-corrected chi connectivity index (χ1v) is 8.85. The Kier molecular flexibility index (Phi) is 4.53. The van der Waals surface area contributed by atoms with Gasteiger partial charge >= 0.3 is 0 Å². The number of rotatable bonds is 5. The molecule has 4 heteroatoms. The minimum absolute atomic E-state index is 0.347. The molecule has 0 saturated carbocycles. The molecule has 3 aromatic rings. The Bertz CT molecular complexity index is 841. The third kappa shape index (κ3) is 3.74. The molecule has 0 unspecified atom stereocenters. The fraction of sp³-hybridized carbons (Fsp3) is 0.286. The van der Waals surface area contributed by atoms with Crippen LogP contribution in [-0.2, 0) is 25.9 Å². The third-order valence-electron chi connectivity index (χ3n) is 4.88. The number of hydrogen-bond acceptors (Lipinski definition) is 3. The van der Waals surface area contributed by atoms with Gasteiger partial charge in [0.05, 0.1) is 5.69 Å². The highest BCUT2D eigenvalue weighted by molar-refractivity contribution is 5.27.